The molecule has 0 saturated carbocycles. The zero-order valence-electron chi connectivity index (χ0n) is 10.6. The molecule has 0 fully saturated rings. The summed E-state index contributed by atoms with van der Waals surface area (Å²) in [6, 6.07) is 7.23. The van der Waals surface area contributed by atoms with Crippen LogP contribution in [0.1, 0.15) is 32.8 Å². The molecule has 0 radical (unpaired) electrons. The van der Waals surface area contributed by atoms with Crippen molar-refractivity contribution in [2.75, 3.05) is 0 Å². The van der Waals surface area contributed by atoms with Crippen LogP contribution in [0, 0.1) is 16.0 Å². The first-order valence-corrected chi connectivity index (χ1v) is 6.01. The zero-order chi connectivity index (χ0) is 12.8. The Kier molecular flexibility index (Phi) is 5.10. The topological polar surface area (TPSA) is 55.2 Å². The smallest absolute Gasteiger partial charge is 0.269 e. The highest BCUT2D eigenvalue weighted by atomic mass is 16.6. The van der Waals surface area contributed by atoms with Gasteiger partial charge in [-0.25, -0.2) is 0 Å². The van der Waals surface area contributed by atoms with Gasteiger partial charge in [0.1, 0.15) is 0 Å². The normalized spacial score (nSPS) is 12.7. The lowest BCUT2D eigenvalue weighted by atomic mass is 10.0. The summed E-state index contributed by atoms with van der Waals surface area (Å²) in [7, 11) is 0. The van der Waals surface area contributed by atoms with Gasteiger partial charge >= 0.3 is 0 Å². The third kappa shape index (κ3) is 4.15. The van der Waals surface area contributed by atoms with Crippen LogP contribution in [0.5, 0.6) is 0 Å². The highest BCUT2D eigenvalue weighted by Gasteiger charge is 2.11. The summed E-state index contributed by atoms with van der Waals surface area (Å²) in [4.78, 5) is 10.3. The van der Waals surface area contributed by atoms with E-state index in [0.717, 1.165) is 12.0 Å². The fourth-order valence-corrected chi connectivity index (χ4v) is 1.88. The lowest BCUT2D eigenvalue weighted by Gasteiger charge is -2.20. The molecule has 0 aromatic heterocycles. The molecule has 1 aromatic rings. The van der Waals surface area contributed by atoms with Crippen LogP contribution in [0.4, 0.5) is 5.69 Å². The van der Waals surface area contributed by atoms with Crippen molar-refractivity contribution < 1.29 is 4.92 Å². The summed E-state index contributed by atoms with van der Waals surface area (Å²) in [6.07, 6.45) is 1.06. The van der Waals surface area contributed by atoms with E-state index >= 15 is 0 Å². The van der Waals surface area contributed by atoms with E-state index < -0.39 is 0 Å². The molecular weight excluding hydrogens is 216 g/mol. The molecule has 0 saturated heterocycles. The Bertz CT molecular complexity index is 377. The summed E-state index contributed by atoms with van der Waals surface area (Å²) < 4.78 is 0. The summed E-state index contributed by atoms with van der Waals surface area (Å²) in [5.74, 6) is 0.568. The molecule has 1 rings (SSSR count). The fourth-order valence-electron chi connectivity index (χ4n) is 1.88. The van der Waals surface area contributed by atoms with Gasteiger partial charge in [-0.2, -0.15) is 0 Å². The molecule has 0 amide bonds. The van der Waals surface area contributed by atoms with E-state index in [-0.39, 0.29) is 10.6 Å². The van der Waals surface area contributed by atoms with Gasteiger partial charge in [0, 0.05) is 24.7 Å². The Morgan fingerprint density at radius 1 is 1.41 bits per heavy atom. The van der Waals surface area contributed by atoms with Crippen molar-refractivity contribution in [3.8, 4) is 0 Å². The van der Waals surface area contributed by atoms with Gasteiger partial charge in [-0.3, -0.25) is 10.1 Å². The lowest BCUT2D eigenvalue weighted by Crippen LogP contribution is -2.32. The fraction of sp³-hybridized carbons (Fsp3) is 0.538. The second-order valence-electron chi connectivity index (χ2n) is 4.57. The molecule has 0 aliphatic carbocycles. The third-order valence-electron chi connectivity index (χ3n) is 2.93. The molecule has 1 aromatic carbocycles. The Hall–Kier alpha value is -1.42. The van der Waals surface area contributed by atoms with E-state index in [0.29, 0.717) is 18.5 Å². The Labute approximate surface area is 102 Å². The van der Waals surface area contributed by atoms with Crippen LogP contribution in [0.15, 0.2) is 24.3 Å². The minimum atomic E-state index is -0.358. The number of hydrogen-bond donors (Lipinski definition) is 1. The van der Waals surface area contributed by atoms with Gasteiger partial charge in [-0.15, -0.1) is 0 Å². The molecule has 1 unspecified atom stereocenters. The molecule has 1 N–H and O–H groups in total. The van der Waals surface area contributed by atoms with Crippen molar-refractivity contribution in [3.63, 3.8) is 0 Å². The quantitative estimate of drug-likeness (QED) is 0.610. The lowest BCUT2D eigenvalue weighted by molar-refractivity contribution is -0.384. The van der Waals surface area contributed by atoms with Crippen LogP contribution in [0.25, 0.3) is 0 Å². The van der Waals surface area contributed by atoms with E-state index in [1.807, 2.05) is 6.07 Å². The van der Waals surface area contributed by atoms with Gasteiger partial charge in [-0.05, 0) is 17.9 Å². The molecule has 4 heteroatoms. The first-order chi connectivity index (χ1) is 8.04. The second-order valence-corrected chi connectivity index (χ2v) is 4.57. The van der Waals surface area contributed by atoms with Gasteiger partial charge in [0.2, 0.25) is 0 Å². The number of nitro benzene ring substituents is 1. The van der Waals surface area contributed by atoms with Gasteiger partial charge in [0.25, 0.3) is 5.69 Å². The molecule has 0 aliphatic heterocycles. The molecular formula is C13H20N2O2. The number of rotatable bonds is 6. The maximum Gasteiger partial charge on any atom is 0.269 e. The van der Waals surface area contributed by atoms with E-state index in [2.05, 4.69) is 26.1 Å². The van der Waals surface area contributed by atoms with Crippen molar-refractivity contribution in [1.29, 1.82) is 0 Å². The Balaban J connectivity index is 2.62. The SMILES string of the molecule is CCC(NCc1cccc([N+](=O)[O-])c1)C(C)C. The average molecular weight is 236 g/mol. The van der Waals surface area contributed by atoms with E-state index in [4.69, 9.17) is 0 Å². The van der Waals surface area contributed by atoms with E-state index in [1.165, 1.54) is 6.07 Å². The average Bonchev–Trinajstić information content (AvgIpc) is 2.29. The number of nitrogens with zero attached hydrogens (tertiary/aromatic N) is 1. The third-order valence-corrected chi connectivity index (χ3v) is 2.93. The molecule has 1 atom stereocenters. The van der Waals surface area contributed by atoms with Crippen molar-refractivity contribution in [2.45, 2.75) is 39.8 Å². The van der Waals surface area contributed by atoms with E-state index in [1.54, 1.807) is 12.1 Å². The number of nitrogens with one attached hydrogen (secondary N) is 1. The molecule has 94 valence electrons. The van der Waals surface area contributed by atoms with Crippen LogP contribution in [-0.4, -0.2) is 11.0 Å². The highest BCUT2D eigenvalue weighted by molar-refractivity contribution is 5.34. The van der Waals surface area contributed by atoms with Gasteiger partial charge in [0.05, 0.1) is 4.92 Å². The molecule has 17 heavy (non-hydrogen) atoms. The molecule has 0 bridgehead atoms. The van der Waals surface area contributed by atoms with Crippen LogP contribution < -0.4 is 5.32 Å². The predicted octanol–water partition coefficient (Wildman–Crippen LogP) is 3.12. The van der Waals surface area contributed by atoms with Crippen molar-refractivity contribution >= 4 is 5.69 Å². The maximum atomic E-state index is 10.6. The van der Waals surface area contributed by atoms with Crippen molar-refractivity contribution in [3.05, 3.63) is 39.9 Å². The molecule has 0 aliphatic rings. The standard InChI is InChI=1S/C13H20N2O2/c1-4-13(10(2)3)14-9-11-6-5-7-12(8-11)15(16)17/h5-8,10,13-14H,4,9H2,1-3H3. The van der Waals surface area contributed by atoms with Crippen LogP contribution in [0.2, 0.25) is 0 Å². The first kappa shape index (κ1) is 13.6. The predicted molar refractivity (Wildman–Crippen MR) is 68.9 cm³/mol. The Morgan fingerprint density at radius 3 is 2.65 bits per heavy atom. The van der Waals surface area contributed by atoms with Gasteiger partial charge in [0.15, 0.2) is 0 Å². The molecule has 4 nitrogen and oxygen atoms in total. The number of benzene rings is 1. The van der Waals surface area contributed by atoms with Crippen LogP contribution in [0.3, 0.4) is 0 Å². The maximum absolute atomic E-state index is 10.6. The minimum absolute atomic E-state index is 0.155. The number of nitro groups is 1. The monoisotopic (exact) mass is 236 g/mol. The van der Waals surface area contributed by atoms with Crippen molar-refractivity contribution in [2.24, 2.45) is 5.92 Å². The minimum Gasteiger partial charge on any atom is -0.310 e. The van der Waals surface area contributed by atoms with Crippen molar-refractivity contribution in [1.82, 2.24) is 5.32 Å². The van der Waals surface area contributed by atoms with Crippen LogP contribution in [-0.2, 0) is 6.54 Å². The largest absolute Gasteiger partial charge is 0.310 e. The summed E-state index contributed by atoms with van der Waals surface area (Å²) in [6.45, 7) is 7.17. The molecule has 0 heterocycles. The van der Waals surface area contributed by atoms with Gasteiger partial charge < -0.3 is 5.32 Å². The van der Waals surface area contributed by atoms with Crippen LogP contribution >= 0.6 is 0 Å². The number of hydrogen-bond acceptors (Lipinski definition) is 3. The van der Waals surface area contributed by atoms with Gasteiger partial charge in [-0.1, -0.05) is 32.9 Å². The number of non-ortho nitro benzene ring substituents is 1. The second kappa shape index (κ2) is 6.35. The highest BCUT2D eigenvalue weighted by Crippen LogP contribution is 2.14. The van der Waals surface area contributed by atoms with E-state index in [9.17, 15) is 10.1 Å². The molecule has 0 spiro atoms. The first-order valence-electron chi connectivity index (χ1n) is 6.01. The summed E-state index contributed by atoms with van der Waals surface area (Å²) in [5, 5.41) is 14.1. The Morgan fingerprint density at radius 2 is 2.12 bits per heavy atom. The summed E-state index contributed by atoms with van der Waals surface area (Å²) in [5.41, 5.74) is 1.11. The zero-order valence-corrected chi connectivity index (χ0v) is 10.6. The summed E-state index contributed by atoms with van der Waals surface area (Å²) >= 11 is 0.